The molecule has 0 unspecified atom stereocenters. The lowest BCUT2D eigenvalue weighted by atomic mass is 9.81. The van der Waals surface area contributed by atoms with Gasteiger partial charge in [-0.25, -0.2) is 9.59 Å². The number of nitrogens with zero attached hydrogens (tertiary/aromatic N) is 4. The van der Waals surface area contributed by atoms with Gasteiger partial charge in [-0.2, -0.15) is 18.4 Å². The maximum absolute atomic E-state index is 13.7. The first kappa shape index (κ1) is 47.3. The van der Waals surface area contributed by atoms with E-state index in [4.69, 9.17) is 15.0 Å². The number of anilines is 1. The van der Waals surface area contributed by atoms with Crippen molar-refractivity contribution in [3.8, 4) is 22.5 Å². The highest BCUT2D eigenvalue weighted by molar-refractivity contribution is 5.98. The molecule has 3 aromatic carbocycles. The molecular weight excluding hydrogens is 800 g/mol. The smallest absolute Gasteiger partial charge is 0.475 e. The van der Waals surface area contributed by atoms with Gasteiger partial charge in [-0.05, 0) is 128 Å². The van der Waals surface area contributed by atoms with Crippen molar-refractivity contribution in [2.75, 3.05) is 38.0 Å². The third-order valence-electron chi connectivity index (χ3n) is 10.4. The second-order valence-corrected chi connectivity index (χ2v) is 14.6. The van der Waals surface area contributed by atoms with Crippen molar-refractivity contribution in [3.63, 3.8) is 0 Å². The molecule has 328 valence electrons. The van der Waals surface area contributed by atoms with E-state index < -0.39 is 24.3 Å². The van der Waals surface area contributed by atoms with Crippen molar-refractivity contribution in [2.45, 2.75) is 71.5 Å². The summed E-state index contributed by atoms with van der Waals surface area (Å²) in [4.78, 5) is 62.3. The molecule has 1 aromatic heterocycles. The molecule has 1 saturated carbocycles. The fourth-order valence-corrected chi connectivity index (χ4v) is 6.91. The summed E-state index contributed by atoms with van der Waals surface area (Å²) in [7, 11) is 0. The van der Waals surface area contributed by atoms with Crippen LogP contribution in [-0.2, 0) is 20.8 Å². The molecule has 0 aliphatic heterocycles. The van der Waals surface area contributed by atoms with Gasteiger partial charge in [0.05, 0.1) is 0 Å². The van der Waals surface area contributed by atoms with Gasteiger partial charge < -0.3 is 36.4 Å². The summed E-state index contributed by atoms with van der Waals surface area (Å²) < 4.78 is 31.7. The summed E-state index contributed by atoms with van der Waals surface area (Å²) in [5.74, 6) is -3.03. The maximum Gasteiger partial charge on any atom is 0.490 e. The minimum absolute atomic E-state index is 0.0860. The number of alkyl halides is 3. The number of aryl methyl sites for hydroxylation is 1. The van der Waals surface area contributed by atoms with E-state index in [2.05, 4.69) is 60.6 Å². The zero-order valence-electron chi connectivity index (χ0n) is 34.2. The van der Waals surface area contributed by atoms with E-state index in [0.717, 1.165) is 66.7 Å². The number of aromatic amines is 1. The number of aromatic nitrogens is 4. The zero-order chi connectivity index (χ0) is 44.5. The van der Waals surface area contributed by atoms with Gasteiger partial charge in [0.15, 0.2) is 0 Å². The number of amides is 4. The molecule has 5 rings (SSSR count). The summed E-state index contributed by atoms with van der Waals surface area (Å²) in [5.41, 5.74) is 5.73. The molecule has 61 heavy (non-hydrogen) atoms. The average Bonchev–Trinajstić information content (AvgIpc) is 3.79. The standard InChI is InChI=1S/C40H51N9O5.C2HF3O2/c1-4-49(5-2)22-6-21-41-37(50)32-17-20-34(26(3)23-32)29-11-7-27(8-12-29)24-35(44-38(51)31-13-9-28(10-14-31)25-42-40(53)54)39(52)43-33-18-15-30(16-19-33)36-45-47-48-46-36;3-2(4,5)1(6)7/h7-8,11-12,15-20,23,28,31,35,42H,4-6,9-10,13-14,21-22,24-25H2,1-3H3,(H,41,50)(H,43,52)(H,44,51)(H,53,54)(H,45,46,47,48);(H,6,7)/t28-,31-,35-;/m0./s1. The first-order chi connectivity index (χ1) is 29.1. The molecule has 0 saturated heterocycles. The van der Waals surface area contributed by atoms with Gasteiger partial charge in [0.2, 0.25) is 17.6 Å². The molecule has 16 nitrogen and oxygen atoms in total. The van der Waals surface area contributed by atoms with Gasteiger partial charge in [0.1, 0.15) is 6.04 Å². The van der Waals surface area contributed by atoms with Crippen molar-refractivity contribution in [1.82, 2.24) is 41.5 Å². The number of nitrogens with one attached hydrogen (secondary N) is 5. The Hall–Kier alpha value is -6.37. The topological polar surface area (TPSA) is 232 Å². The van der Waals surface area contributed by atoms with Crippen LogP contribution in [0.4, 0.5) is 23.7 Å². The third-order valence-corrected chi connectivity index (χ3v) is 10.4. The highest BCUT2D eigenvalue weighted by atomic mass is 19.4. The highest BCUT2D eigenvalue weighted by Crippen LogP contribution is 2.29. The molecule has 0 spiro atoms. The molecule has 1 fully saturated rings. The number of rotatable bonds is 17. The van der Waals surface area contributed by atoms with Crippen LogP contribution in [0.5, 0.6) is 0 Å². The van der Waals surface area contributed by atoms with Gasteiger partial charge in [-0.1, -0.05) is 44.2 Å². The fraction of sp³-hybridized carbons (Fsp3) is 0.429. The number of hydrogen-bond acceptors (Lipinski definition) is 9. The number of hydrogen-bond donors (Lipinski definition) is 7. The fourth-order valence-electron chi connectivity index (χ4n) is 6.91. The Labute approximate surface area is 351 Å². The summed E-state index contributed by atoms with van der Waals surface area (Å²) in [6.45, 7) is 10.2. The van der Waals surface area contributed by atoms with Crippen molar-refractivity contribution in [2.24, 2.45) is 11.8 Å². The number of carboxylic acid groups (broad SMARTS) is 2. The van der Waals surface area contributed by atoms with E-state index in [1.807, 2.05) is 49.4 Å². The molecule has 1 atom stereocenters. The van der Waals surface area contributed by atoms with Crippen molar-refractivity contribution >= 4 is 35.5 Å². The predicted octanol–water partition coefficient (Wildman–Crippen LogP) is 5.68. The second-order valence-electron chi connectivity index (χ2n) is 14.6. The molecule has 0 bridgehead atoms. The minimum Gasteiger partial charge on any atom is -0.475 e. The van der Waals surface area contributed by atoms with Crippen LogP contribution in [0.1, 0.15) is 67.4 Å². The van der Waals surface area contributed by atoms with Crippen LogP contribution in [0.2, 0.25) is 0 Å². The minimum atomic E-state index is -5.08. The van der Waals surface area contributed by atoms with Crippen molar-refractivity contribution < 1.29 is 47.4 Å². The van der Waals surface area contributed by atoms with Crippen LogP contribution in [0.15, 0.2) is 66.7 Å². The summed E-state index contributed by atoms with van der Waals surface area (Å²) >= 11 is 0. The Morgan fingerprint density at radius 2 is 1.52 bits per heavy atom. The normalized spacial score (nSPS) is 15.5. The number of halogens is 3. The number of carbonyl (C=O) groups excluding carboxylic acids is 3. The van der Waals surface area contributed by atoms with Gasteiger partial charge >= 0.3 is 18.2 Å². The molecule has 1 heterocycles. The Morgan fingerprint density at radius 1 is 0.885 bits per heavy atom. The van der Waals surface area contributed by atoms with E-state index in [1.54, 1.807) is 24.3 Å². The number of tetrazole rings is 1. The summed E-state index contributed by atoms with van der Waals surface area (Å²) in [6.07, 6.45) is -2.27. The highest BCUT2D eigenvalue weighted by Gasteiger charge is 2.38. The van der Waals surface area contributed by atoms with Gasteiger partial charge in [0.25, 0.3) is 5.91 Å². The lowest BCUT2D eigenvalue weighted by molar-refractivity contribution is -0.192. The second kappa shape index (κ2) is 22.8. The van der Waals surface area contributed by atoms with Crippen LogP contribution in [0.3, 0.4) is 0 Å². The van der Waals surface area contributed by atoms with E-state index in [-0.39, 0.29) is 36.0 Å². The summed E-state index contributed by atoms with van der Waals surface area (Å²) in [6, 6.07) is 19.8. The lowest BCUT2D eigenvalue weighted by Crippen LogP contribution is -2.48. The molecule has 1 aliphatic rings. The Balaban J connectivity index is 0.00000107. The first-order valence-corrected chi connectivity index (χ1v) is 20.0. The quantitative estimate of drug-likeness (QED) is 0.0639. The molecule has 19 heteroatoms. The number of benzene rings is 3. The van der Waals surface area contributed by atoms with Crippen LogP contribution in [0, 0.1) is 18.8 Å². The van der Waals surface area contributed by atoms with Crippen LogP contribution in [0.25, 0.3) is 22.5 Å². The van der Waals surface area contributed by atoms with Gasteiger partial charge in [0, 0.05) is 42.2 Å². The number of aliphatic carboxylic acids is 1. The Bertz CT molecular complexity index is 2050. The largest absolute Gasteiger partial charge is 0.490 e. The lowest BCUT2D eigenvalue weighted by Gasteiger charge is -2.29. The molecule has 4 amide bonds. The Morgan fingerprint density at radius 3 is 2.08 bits per heavy atom. The monoisotopic (exact) mass is 851 g/mol. The van der Waals surface area contributed by atoms with Crippen LogP contribution < -0.4 is 21.3 Å². The van der Waals surface area contributed by atoms with Gasteiger partial charge in [-0.3, -0.25) is 14.4 Å². The van der Waals surface area contributed by atoms with E-state index >= 15 is 0 Å². The molecular formula is C42H52F3N9O7. The molecule has 1 aliphatic carbocycles. The third kappa shape index (κ3) is 15.0. The van der Waals surface area contributed by atoms with Crippen LogP contribution >= 0.6 is 0 Å². The van der Waals surface area contributed by atoms with Gasteiger partial charge in [-0.15, -0.1) is 10.2 Å². The first-order valence-electron chi connectivity index (χ1n) is 20.0. The molecule has 4 aromatic rings. The predicted molar refractivity (Wildman–Crippen MR) is 220 cm³/mol. The molecule has 7 N–H and O–H groups in total. The summed E-state index contributed by atoms with van der Waals surface area (Å²) in [5, 5.41) is 41.5. The zero-order valence-corrected chi connectivity index (χ0v) is 34.2. The van der Waals surface area contributed by atoms with E-state index in [9.17, 15) is 32.3 Å². The average molecular weight is 852 g/mol. The SMILES string of the molecule is CCN(CC)CCCNC(=O)c1ccc(-c2ccc(C[C@H](NC(=O)[C@H]3CC[C@H](CNC(=O)O)CC3)C(=O)Nc3ccc(-c4nn[nH]n4)cc3)cc2)c(C)c1.O=C(O)C(F)(F)F. The van der Waals surface area contributed by atoms with E-state index in [1.165, 1.54) is 0 Å². The number of carboxylic acids is 1. The Kier molecular flexibility index (Phi) is 17.7. The number of H-pyrrole nitrogens is 1. The van der Waals surface area contributed by atoms with Crippen LogP contribution in [-0.4, -0.2) is 110 Å². The van der Waals surface area contributed by atoms with Crippen molar-refractivity contribution in [3.05, 3.63) is 83.4 Å². The van der Waals surface area contributed by atoms with Crippen molar-refractivity contribution in [1.29, 1.82) is 0 Å². The van der Waals surface area contributed by atoms with E-state index in [0.29, 0.717) is 43.0 Å². The maximum atomic E-state index is 13.7. The number of carbonyl (C=O) groups is 5. The molecule has 0 radical (unpaired) electrons.